The van der Waals surface area contributed by atoms with E-state index in [-0.39, 0.29) is 13.2 Å². The van der Waals surface area contributed by atoms with Crippen molar-refractivity contribution in [3.05, 3.63) is 30.1 Å². The fourth-order valence-electron chi connectivity index (χ4n) is 1.20. The van der Waals surface area contributed by atoms with Crippen molar-refractivity contribution in [2.24, 2.45) is 0 Å². The molecule has 1 unspecified atom stereocenters. The fraction of sp³-hybridized carbons (Fsp3) is 0.400. The van der Waals surface area contributed by atoms with Crippen LogP contribution < -0.4 is 4.72 Å². The highest BCUT2D eigenvalue weighted by molar-refractivity contribution is 7.89. The van der Waals surface area contributed by atoms with Gasteiger partial charge in [-0.05, 0) is 12.1 Å². The second-order valence-electron chi connectivity index (χ2n) is 3.39. The van der Waals surface area contributed by atoms with Gasteiger partial charge in [-0.15, -0.1) is 0 Å². The van der Waals surface area contributed by atoms with Crippen LogP contribution in [0.3, 0.4) is 0 Å². The normalized spacial score (nSPS) is 13.6. The Labute approximate surface area is 99.3 Å². The predicted octanol–water partition coefficient (Wildman–Crippen LogP) is 0.111. The number of aliphatic hydroxyl groups is 1. The molecule has 0 saturated heterocycles. The van der Waals surface area contributed by atoms with E-state index in [1.165, 1.54) is 19.2 Å². The van der Waals surface area contributed by atoms with Crippen LogP contribution in [0.5, 0.6) is 0 Å². The predicted molar refractivity (Wildman–Crippen MR) is 59.5 cm³/mol. The molecule has 0 heterocycles. The second kappa shape index (κ2) is 6.06. The van der Waals surface area contributed by atoms with Crippen molar-refractivity contribution in [1.82, 2.24) is 4.72 Å². The lowest BCUT2D eigenvalue weighted by Gasteiger charge is -2.11. The molecule has 0 spiro atoms. The molecule has 0 aliphatic rings. The van der Waals surface area contributed by atoms with Crippen LogP contribution in [0.25, 0.3) is 0 Å². The summed E-state index contributed by atoms with van der Waals surface area (Å²) >= 11 is 0. The SMILES string of the molecule is COCC(O)CNS(=O)(=O)c1ccccc1F. The molecule has 96 valence electrons. The van der Waals surface area contributed by atoms with Crippen molar-refractivity contribution in [3.8, 4) is 0 Å². The third kappa shape index (κ3) is 4.04. The van der Waals surface area contributed by atoms with Crippen LogP contribution in [0.4, 0.5) is 4.39 Å². The fourth-order valence-corrected chi connectivity index (χ4v) is 2.35. The third-order valence-corrected chi connectivity index (χ3v) is 3.45. The first kappa shape index (κ1) is 14.0. The van der Waals surface area contributed by atoms with Crippen LogP contribution in [0.2, 0.25) is 0 Å². The number of sulfonamides is 1. The topological polar surface area (TPSA) is 75.6 Å². The lowest BCUT2D eigenvalue weighted by atomic mass is 10.3. The maximum Gasteiger partial charge on any atom is 0.243 e. The Morgan fingerprint density at radius 2 is 2.12 bits per heavy atom. The smallest absolute Gasteiger partial charge is 0.243 e. The Hall–Kier alpha value is -1.02. The van der Waals surface area contributed by atoms with E-state index in [9.17, 15) is 17.9 Å². The average Bonchev–Trinajstić information content (AvgIpc) is 2.27. The summed E-state index contributed by atoms with van der Waals surface area (Å²) in [6.45, 7) is -0.232. The van der Waals surface area contributed by atoms with E-state index in [0.717, 1.165) is 12.1 Å². The van der Waals surface area contributed by atoms with Gasteiger partial charge < -0.3 is 9.84 Å². The van der Waals surface area contributed by atoms with Crippen LogP contribution >= 0.6 is 0 Å². The van der Waals surface area contributed by atoms with Gasteiger partial charge in [0, 0.05) is 13.7 Å². The molecule has 0 radical (unpaired) electrons. The number of nitrogens with one attached hydrogen (secondary N) is 1. The number of rotatable bonds is 6. The first-order valence-electron chi connectivity index (χ1n) is 4.88. The molecule has 0 fully saturated rings. The molecule has 7 heteroatoms. The number of ether oxygens (including phenoxy) is 1. The maximum atomic E-state index is 13.3. The van der Waals surface area contributed by atoms with E-state index >= 15 is 0 Å². The summed E-state index contributed by atoms with van der Waals surface area (Å²) in [5.74, 6) is -0.832. The summed E-state index contributed by atoms with van der Waals surface area (Å²) in [5.41, 5.74) is 0. The van der Waals surface area contributed by atoms with E-state index in [0.29, 0.717) is 0 Å². The van der Waals surface area contributed by atoms with Crippen LogP contribution in [-0.4, -0.2) is 39.9 Å². The molecule has 2 N–H and O–H groups in total. The van der Waals surface area contributed by atoms with Gasteiger partial charge >= 0.3 is 0 Å². The molecule has 0 aliphatic heterocycles. The van der Waals surface area contributed by atoms with E-state index in [4.69, 9.17) is 0 Å². The first-order chi connectivity index (χ1) is 7.97. The summed E-state index contributed by atoms with van der Waals surface area (Å²) in [4.78, 5) is -0.440. The Morgan fingerprint density at radius 3 is 2.71 bits per heavy atom. The molecular formula is C10H14FNO4S. The summed E-state index contributed by atoms with van der Waals surface area (Å²) in [5, 5.41) is 9.28. The number of halogens is 1. The van der Waals surface area contributed by atoms with Gasteiger partial charge in [-0.25, -0.2) is 17.5 Å². The largest absolute Gasteiger partial charge is 0.389 e. The standard InChI is InChI=1S/C10H14FNO4S/c1-16-7-8(13)6-12-17(14,15)10-5-3-2-4-9(10)11/h2-5,8,12-13H,6-7H2,1H3. The van der Waals surface area contributed by atoms with E-state index in [1.54, 1.807) is 0 Å². The molecule has 1 rings (SSSR count). The quantitative estimate of drug-likeness (QED) is 0.764. The average molecular weight is 263 g/mol. The molecule has 1 aromatic rings. The lowest BCUT2D eigenvalue weighted by Crippen LogP contribution is -2.34. The van der Waals surface area contributed by atoms with Crippen molar-refractivity contribution >= 4 is 10.0 Å². The highest BCUT2D eigenvalue weighted by Gasteiger charge is 2.19. The van der Waals surface area contributed by atoms with Crippen molar-refractivity contribution in [2.45, 2.75) is 11.0 Å². The highest BCUT2D eigenvalue weighted by atomic mass is 32.2. The molecule has 0 bridgehead atoms. The second-order valence-corrected chi connectivity index (χ2v) is 5.13. The van der Waals surface area contributed by atoms with Gasteiger partial charge in [0.05, 0.1) is 12.7 Å². The maximum absolute atomic E-state index is 13.3. The lowest BCUT2D eigenvalue weighted by molar-refractivity contribution is 0.0679. The van der Waals surface area contributed by atoms with Crippen molar-refractivity contribution in [3.63, 3.8) is 0 Å². The van der Waals surface area contributed by atoms with Gasteiger partial charge in [0.2, 0.25) is 10.0 Å². The minimum Gasteiger partial charge on any atom is -0.389 e. The van der Waals surface area contributed by atoms with Crippen LogP contribution in [0.1, 0.15) is 0 Å². The van der Waals surface area contributed by atoms with Crippen molar-refractivity contribution in [2.75, 3.05) is 20.3 Å². The first-order valence-corrected chi connectivity index (χ1v) is 6.37. The summed E-state index contributed by atoms with van der Waals surface area (Å²) < 4.78 is 43.3. The van der Waals surface area contributed by atoms with Crippen LogP contribution in [-0.2, 0) is 14.8 Å². The van der Waals surface area contributed by atoms with Crippen molar-refractivity contribution < 1.29 is 22.7 Å². The zero-order chi connectivity index (χ0) is 12.9. The zero-order valence-corrected chi connectivity index (χ0v) is 10.1. The van der Waals surface area contributed by atoms with Crippen LogP contribution in [0.15, 0.2) is 29.2 Å². The number of benzene rings is 1. The minimum atomic E-state index is -3.94. The molecule has 0 aromatic heterocycles. The van der Waals surface area contributed by atoms with Crippen LogP contribution in [0, 0.1) is 5.82 Å². The van der Waals surface area contributed by atoms with E-state index < -0.39 is 26.8 Å². The Kier molecular flexibility index (Phi) is 5.01. The molecular weight excluding hydrogens is 249 g/mol. The van der Waals surface area contributed by atoms with Gasteiger partial charge in [0.25, 0.3) is 0 Å². The van der Waals surface area contributed by atoms with Gasteiger partial charge in [-0.2, -0.15) is 0 Å². The van der Waals surface area contributed by atoms with E-state index in [2.05, 4.69) is 9.46 Å². The molecule has 1 aromatic carbocycles. The Morgan fingerprint density at radius 1 is 1.47 bits per heavy atom. The molecule has 0 amide bonds. The number of hydrogen-bond acceptors (Lipinski definition) is 4. The zero-order valence-electron chi connectivity index (χ0n) is 9.26. The van der Waals surface area contributed by atoms with Gasteiger partial charge in [0.1, 0.15) is 10.7 Å². The Bertz CT molecular complexity index is 463. The number of hydrogen-bond donors (Lipinski definition) is 2. The molecule has 0 saturated carbocycles. The van der Waals surface area contributed by atoms with E-state index in [1.807, 2.05) is 0 Å². The molecule has 5 nitrogen and oxygen atoms in total. The monoisotopic (exact) mass is 263 g/mol. The Balaban J connectivity index is 2.73. The summed E-state index contributed by atoms with van der Waals surface area (Å²) in [6.07, 6.45) is -0.971. The molecule has 1 atom stereocenters. The van der Waals surface area contributed by atoms with Crippen molar-refractivity contribution in [1.29, 1.82) is 0 Å². The van der Waals surface area contributed by atoms with Gasteiger partial charge in [-0.3, -0.25) is 0 Å². The summed E-state index contributed by atoms with van der Waals surface area (Å²) in [6, 6.07) is 5.03. The summed E-state index contributed by atoms with van der Waals surface area (Å²) in [7, 11) is -2.56. The number of methoxy groups -OCH3 is 1. The molecule has 17 heavy (non-hydrogen) atoms. The van der Waals surface area contributed by atoms with Gasteiger partial charge in [-0.1, -0.05) is 12.1 Å². The minimum absolute atomic E-state index is 0.000207. The molecule has 0 aliphatic carbocycles. The van der Waals surface area contributed by atoms with Gasteiger partial charge in [0.15, 0.2) is 0 Å². The highest BCUT2D eigenvalue weighted by Crippen LogP contribution is 2.12. The third-order valence-electron chi connectivity index (χ3n) is 1.99. The number of aliphatic hydroxyl groups excluding tert-OH is 1.